The summed E-state index contributed by atoms with van der Waals surface area (Å²) >= 11 is 0. The quantitative estimate of drug-likeness (QED) is 0.691. The van der Waals surface area contributed by atoms with Crippen molar-refractivity contribution in [2.45, 2.75) is 98.3 Å². The van der Waals surface area contributed by atoms with Crippen LogP contribution in [-0.4, -0.2) is 9.97 Å². The van der Waals surface area contributed by atoms with Crippen molar-refractivity contribution in [3.63, 3.8) is 0 Å². The standard InChI is InChI=1S/C19H36N2/c1-10-11-12-19(8,9)16-15(18(5,6)7)20-17(21-16)14(4)13(2)3/h13-14H,10-12H2,1-9H3,(H,20,21). The van der Waals surface area contributed by atoms with Crippen molar-refractivity contribution in [1.82, 2.24) is 9.97 Å². The molecule has 0 aliphatic rings. The maximum Gasteiger partial charge on any atom is 0.109 e. The molecule has 0 aromatic carbocycles. The van der Waals surface area contributed by atoms with Gasteiger partial charge in [-0.05, 0) is 12.3 Å². The first kappa shape index (κ1) is 18.3. The van der Waals surface area contributed by atoms with Crippen LogP contribution in [0.1, 0.15) is 105 Å². The minimum Gasteiger partial charge on any atom is -0.345 e. The molecule has 0 bridgehead atoms. The van der Waals surface area contributed by atoms with Gasteiger partial charge in [-0.15, -0.1) is 0 Å². The lowest BCUT2D eigenvalue weighted by Crippen LogP contribution is -2.24. The minimum atomic E-state index is 0.0876. The average Bonchev–Trinajstić information content (AvgIpc) is 2.81. The van der Waals surface area contributed by atoms with Crippen LogP contribution in [0.2, 0.25) is 0 Å². The van der Waals surface area contributed by atoms with Gasteiger partial charge in [0.15, 0.2) is 0 Å². The summed E-state index contributed by atoms with van der Waals surface area (Å²) in [6.07, 6.45) is 3.73. The molecule has 1 rings (SSSR count). The fraction of sp³-hybridized carbons (Fsp3) is 0.842. The SMILES string of the molecule is CCCCC(C)(C)c1[nH]c(C(C)C(C)C)nc1C(C)(C)C. The van der Waals surface area contributed by atoms with Gasteiger partial charge in [0.2, 0.25) is 0 Å². The van der Waals surface area contributed by atoms with E-state index in [9.17, 15) is 0 Å². The van der Waals surface area contributed by atoms with Crippen LogP contribution < -0.4 is 0 Å². The Morgan fingerprint density at radius 1 is 1.05 bits per heavy atom. The van der Waals surface area contributed by atoms with Gasteiger partial charge in [0.25, 0.3) is 0 Å². The lowest BCUT2D eigenvalue weighted by molar-refractivity contribution is 0.429. The summed E-state index contributed by atoms with van der Waals surface area (Å²) < 4.78 is 0. The van der Waals surface area contributed by atoms with Crippen LogP contribution in [-0.2, 0) is 10.8 Å². The van der Waals surface area contributed by atoms with Crippen molar-refractivity contribution in [1.29, 1.82) is 0 Å². The zero-order valence-electron chi connectivity index (χ0n) is 15.7. The van der Waals surface area contributed by atoms with E-state index in [0.29, 0.717) is 11.8 Å². The van der Waals surface area contributed by atoms with Gasteiger partial charge in [-0.1, -0.05) is 75.2 Å². The highest BCUT2D eigenvalue weighted by molar-refractivity contribution is 5.29. The molecule has 1 aromatic rings. The molecule has 21 heavy (non-hydrogen) atoms. The molecule has 1 unspecified atom stereocenters. The fourth-order valence-electron chi connectivity index (χ4n) is 2.70. The number of aromatic amines is 1. The van der Waals surface area contributed by atoms with Crippen LogP contribution in [0.15, 0.2) is 0 Å². The topological polar surface area (TPSA) is 28.7 Å². The summed E-state index contributed by atoms with van der Waals surface area (Å²) in [6.45, 7) is 20.6. The van der Waals surface area contributed by atoms with Crippen molar-refractivity contribution in [3.05, 3.63) is 17.2 Å². The zero-order valence-corrected chi connectivity index (χ0v) is 15.7. The summed E-state index contributed by atoms with van der Waals surface area (Å²) in [5.74, 6) is 2.24. The van der Waals surface area contributed by atoms with Gasteiger partial charge < -0.3 is 4.98 Å². The largest absolute Gasteiger partial charge is 0.345 e. The third-order valence-electron chi connectivity index (χ3n) is 4.70. The smallest absolute Gasteiger partial charge is 0.109 e. The van der Waals surface area contributed by atoms with E-state index in [1.54, 1.807) is 0 Å². The Morgan fingerprint density at radius 2 is 1.62 bits per heavy atom. The van der Waals surface area contributed by atoms with Gasteiger partial charge in [-0.3, -0.25) is 0 Å². The molecule has 2 nitrogen and oxygen atoms in total. The Bertz CT molecular complexity index is 447. The minimum absolute atomic E-state index is 0.0876. The Hall–Kier alpha value is -0.790. The van der Waals surface area contributed by atoms with Crippen LogP contribution in [0.4, 0.5) is 0 Å². The van der Waals surface area contributed by atoms with Crippen LogP contribution >= 0.6 is 0 Å². The highest BCUT2D eigenvalue weighted by Crippen LogP contribution is 2.37. The molecule has 0 fully saturated rings. The summed E-state index contributed by atoms with van der Waals surface area (Å²) in [6, 6.07) is 0. The number of nitrogens with one attached hydrogen (secondary N) is 1. The van der Waals surface area contributed by atoms with Gasteiger partial charge in [0.05, 0.1) is 5.69 Å². The number of hydrogen-bond donors (Lipinski definition) is 1. The van der Waals surface area contributed by atoms with Crippen molar-refractivity contribution in [2.24, 2.45) is 5.92 Å². The third kappa shape index (κ3) is 4.34. The maximum atomic E-state index is 5.02. The van der Waals surface area contributed by atoms with E-state index in [-0.39, 0.29) is 10.8 Å². The normalized spacial score (nSPS) is 14.8. The maximum absolute atomic E-state index is 5.02. The molecule has 122 valence electrons. The van der Waals surface area contributed by atoms with Gasteiger partial charge >= 0.3 is 0 Å². The molecule has 1 aromatic heterocycles. The van der Waals surface area contributed by atoms with Gasteiger partial charge in [-0.2, -0.15) is 0 Å². The van der Waals surface area contributed by atoms with E-state index < -0.39 is 0 Å². The molecule has 0 aliphatic carbocycles. The molecule has 1 N–H and O–H groups in total. The summed E-state index contributed by atoms with van der Waals surface area (Å²) in [7, 11) is 0. The number of aromatic nitrogens is 2. The molecule has 0 radical (unpaired) electrons. The monoisotopic (exact) mass is 292 g/mol. The predicted molar refractivity (Wildman–Crippen MR) is 93.1 cm³/mol. The number of hydrogen-bond acceptors (Lipinski definition) is 1. The Balaban J connectivity index is 3.29. The van der Waals surface area contributed by atoms with Crippen LogP contribution in [0.3, 0.4) is 0 Å². The first-order valence-electron chi connectivity index (χ1n) is 8.61. The van der Waals surface area contributed by atoms with Crippen molar-refractivity contribution >= 4 is 0 Å². The van der Waals surface area contributed by atoms with Crippen molar-refractivity contribution < 1.29 is 0 Å². The molecule has 0 saturated carbocycles. The average molecular weight is 293 g/mol. The fourth-order valence-corrected chi connectivity index (χ4v) is 2.70. The Kier molecular flexibility index (Phi) is 5.69. The first-order chi connectivity index (χ1) is 9.50. The molecule has 2 heteroatoms. The lowest BCUT2D eigenvalue weighted by atomic mass is 9.78. The van der Waals surface area contributed by atoms with Gasteiger partial charge in [0.1, 0.15) is 5.82 Å². The predicted octanol–water partition coefficient (Wildman–Crippen LogP) is 5.93. The van der Waals surface area contributed by atoms with Crippen molar-refractivity contribution in [2.75, 3.05) is 0 Å². The summed E-state index contributed by atoms with van der Waals surface area (Å²) in [4.78, 5) is 8.73. The second-order valence-electron chi connectivity index (χ2n) is 8.62. The Morgan fingerprint density at radius 3 is 2.05 bits per heavy atom. The van der Waals surface area contributed by atoms with E-state index in [2.05, 4.69) is 67.3 Å². The van der Waals surface area contributed by atoms with E-state index in [1.165, 1.54) is 30.7 Å². The van der Waals surface area contributed by atoms with E-state index >= 15 is 0 Å². The molecule has 0 amide bonds. The number of rotatable bonds is 6. The highest BCUT2D eigenvalue weighted by Gasteiger charge is 2.32. The molecule has 1 heterocycles. The van der Waals surface area contributed by atoms with Gasteiger partial charge in [-0.25, -0.2) is 4.98 Å². The highest BCUT2D eigenvalue weighted by atomic mass is 15.0. The number of nitrogens with zero attached hydrogens (tertiary/aromatic N) is 1. The van der Waals surface area contributed by atoms with E-state index in [4.69, 9.17) is 4.98 Å². The molecule has 0 aliphatic heterocycles. The molecular formula is C19H36N2. The van der Waals surface area contributed by atoms with Crippen LogP contribution in [0, 0.1) is 5.92 Å². The number of unbranched alkanes of at least 4 members (excludes halogenated alkanes) is 1. The molecule has 0 saturated heterocycles. The Labute approximate surface area is 132 Å². The first-order valence-corrected chi connectivity index (χ1v) is 8.61. The van der Waals surface area contributed by atoms with Crippen LogP contribution in [0.25, 0.3) is 0 Å². The van der Waals surface area contributed by atoms with Crippen LogP contribution in [0.5, 0.6) is 0 Å². The lowest BCUT2D eigenvalue weighted by Gasteiger charge is -2.28. The number of imidazole rings is 1. The van der Waals surface area contributed by atoms with Gasteiger partial charge in [0, 0.05) is 22.4 Å². The van der Waals surface area contributed by atoms with E-state index in [1.807, 2.05) is 0 Å². The zero-order chi connectivity index (χ0) is 16.4. The second-order valence-corrected chi connectivity index (χ2v) is 8.62. The third-order valence-corrected chi connectivity index (χ3v) is 4.70. The summed E-state index contributed by atoms with van der Waals surface area (Å²) in [5.41, 5.74) is 2.86. The van der Waals surface area contributed by atoms with E-state index in [0.717, 1.165) is 5.82 Å². The second kappa shape index (κ2) is 6.54. The molecular weight excluding hydrogens is 256 g/mol. The summed E-state index contributed by atoms with van der Waals surface area (Å²) in [5, 5.41) is 0. The molecule has 0 spiro atoms. The number of H-pyrrole nitrogens is 1. The molecule has 1 atom stereocenters. The van der Waals surface area contributed by atoms with Crippen molar-refractivity contribution in [3.8, 4) is 0 Å².